The minimum absolute atomic E-state index is 0.0199. The maximum atomic E-state index is 12.9. The number of halogens is 4. The van der Waals surface area contributed by atoms with Crippen LogP contribution in [0.25, 0.3) is 11.4 Å². The van der Waals surface area contributed by atoms with E-state index in [0.29, 0.717) is 4.47 Å². The van der Waals surface area contributed by atoms with Gasteiger partial charge in [-0.25, -0.2) is 0 Å². The summed E-state index contributed by atoms with van der Waals surface area (Å²) in [6.45, 7) is 0. The van der Waals surface area contributed by atoms with Crippen LogP contribution in [0, 0.1) is 11.3 Å². The Balaban J connectivity index is 2.52. The first-order valence-electron chi connectivity index (χ1n) is 4.98. The lowest BCUT2D eigenvalue weighted by molar-refractivity contribution is -0.137. The Morgan fingerprint density at radius 1 is 1.37 bits per heavy atom. The van der Waals surface area contributed by atoms with Gasteiger partial charge in [0.15, 0.2) is 0 Å². The SMILES string of the molecule is N#CCc1nc(-c2ccc(Br)cc2C(F)(F)F)no1. The number of hydrogen-bond acceptors (Lipinski definition) is 4. The van der Waals surface area contributed by atoms with Gasteiger partial charge in [0.25, 0.3) is 0 Å². The first kappa shape index (κ1) is 13.5. The molecule has 0 atom stereocenters. The molecule has 4 nitrogen and oxygen atoms in total. The summed E-state index contributed by atoms with van der Waals surface area (Å²) in [7, 11) is 0. The monoisotopic (exact) mass is 331 g/mol. The molecule has 0 N–H and O–H groups in total. The third-order valence-electron chi connectivity index (χ3n) is 2.23. The van der Waals surface area contributed by atoms with Gasteiger partial charge in [-0.1, -0.05) is 21.1 Å². The lowest BCUT2D eigenvalue weighted by Gasteiger charge is -2.10. The maximum Gasteiger partial charge on any atom is 0.417 e. The number of aromatic nitrogens is 2. The predicted molar refractivity (Wildman–Crippen MR) is 61.8 cm³/mol. The van der Waals surface area contributed by atoms with E-state index in [9.17, 15) is 13.2 Å². The van der Waals surface area contributed by atoms with Gasteiger partial charge in [-0.05, 0) is 18.2 Å². The standard InChI is InChI=1S/C11H5BrF3N3O/c12-6-1-2-7(8(5-6)11(13,14)15)10-17-9(3-4-16)19-18-10/h1-2,5H,3H2. The van der Waals surface area contributed by atoms with Crippen LogP contribution in [0.3, 0.4) is 0 Å². The van der Waals surface area contributed by atoms with Gasteiger partial charge in [0, 0.05) is 10.0 Å². The zero-order valence-corrected chi connectivity index (χ0v) is 10.8. The van der Waals surface area contributed by atoms with Crippen molar-refractivity contribution in [1.29, 1.82) is 5.26 Å². The molecule has 0 spiro atoms. The van der Waals surface area contributed by atoms with Gasteiger partial charge in [0.05, 0.1) is 11.6 Å². The molecule has 0 aliphatic carbocycles. The average molecular weight is 332 g/mol. The molecule has 0 aliphatic rings. The Morgan fingerprint density at radius 2 is 2.11 bits per heavy atom. The van der Waals surface area contributed by atoms with Crippen molar-refractivity contribution >= 4 is 15.9 Å². The van der Waals surface area contributed by atoms with Crippen LogP contribution in [0.1, 0.15) is 11.5 Å². The Kier molecular flexibility index (Phi) is 3.57. The Labute approximate surface area is 114 Å². The first-order valence-corrected chi connectivity index (χ1v) is 5.78. The van der Waals surface area contributed by atoms with Gasteiger partial charge in [0.2, 0.25) is 11.7 Å². The maximum absolute atomic E-state index is 12.9. The van der Waals surface area contributed by atoms with Crippen molar-refractivity contribution in [3.8, 4) is 17.5 Å². The molecule has 0 radical (unpaired) electrons. The number of benzene rings is 1. The smallest absolute Gasteiger partial charge is 0.338 e. The molecule has 1 heterocycles. The molecule has 2 rings (SSSR count). The zero-order chi connectivity index (χ0) is 14.0. The highest BCUT2D eigenvalue weighted by Crippen LogP contribution is 2.37. The largest absolute Gasteiger partial charge is 0.417 e. The number of nitriles is 1. The van der Waals surface area contributed by atoms with Crippen LogP contribution in [0.15, 0.2) is 27.2 Å². The summed E-state index contributed by atoms with van der Waals surface area (Å²) in [6, 6.07) is 5.41. The van der Waals surface area contributed by atoms with Gasteiger partial charge in [-0.2, -0.15) is 23.4 Å². The molecule has 2 aromatic rings. The molecule has 0 bridgehead atoms. The second kappa shape index (κ2) is 5.01. The molecular formula is C11H5BrF3N3O. The van der Waals surface area contributed by atoms with E-state index in [4.69, 9.17) is 9.78 Å². The molecular weight excluding hydrogens is 327 g/mol. The van der Waals surface area contributed by atoms with E-state index in [-0.39, 0.29) is 23.7 Å². The highest BCUT2D eigenvalue weighted by Gasteiger charge is 2.35. The molecule has 1 aromatic carbocycles. The van der Waals surface area contributed by atoms with Crippen molar-refractivity contribution in [2.75, 3.05) is 0 Å². The van der Waals surface area contributed by atoms with E-state index in [1.807, 2.05) is 0 Å². The molecule has 98 valence electrons. The minimum Gasteiger partial charge on any atom is -0.338 e. The quantitative estimate of drug-likeness (QED) is 0.843. The van der Waals surface area contributed by atoms with Crippen LogP contribution in [0.2, 0.25) is 0 Å². The first-order chi connectivity index (χ1) is 8.91. The molecule has 1 aromatic heterocycles. The Bertz CT molecular complexity index is 645. The summed E-state index contributed by atoms with van der Waals surface area (Å²) < 4.78 is 43.7. The van der Waals surface area contributed by atoms with E-state index < -0.39 is 11.7 Å². The lowest BCUT2D eigenvalue weighted by Crippen LogP contribution is -2.07. The summed E-state index contributed by atoms with van der Waals surface area (Å²) in [4.78, 5) is 3.76. The summed E-state index contributed by atoms with van der Waals surface area (Å²) in [5.41, 5.74) is -1.06. The minimum atomic E-state index is -4.53. The average Bonchev–Trinajstić information content (AvgIpc) is 2.77. The van der Waals surface area contributed by atoms with Crippen LogP contribution in [-0.2, 0) is 12.6 Å². The number of rotatable bonds is 2. The summed E-state index contributed by atoms with van der Waals surface area (Å²) in [5.74, 6) is -0.210. The van der Waals surface area contributed by atoms with Gasteiger partial charge >= 0.3 is 6.18 Å². The van der Waals surface area contributed by atoms with E-state index in [0.717, 1.165) is 6.07 Å². The number of alkyl halides is 3. The lowest BCUT2D eigenvalue weighted by atomic mass is 10.1. The van der Waals surface area contributed by atoms with E-state index in [1.54, 1.807) is 6.07 Å². The second-order valence-electron chi connectivity index (χ2n) is 3.53. The van der Waals surface area contributed by atoms with Crippen LogP contribution < -0.4 is 0 Å². The van der Waals surface area contributed by atoms with Crippen molar-refractivity contribution in [1.82, 2.24) is 10.1 Å². The topological polar surface area (TPSA) is 62.7 Å². The molecule has 0 saturated heterocycles. The van der Waals surface area contributed by atoms with Crippen molar-refractivity contribution in [2.45, 2.75) is 12.6 Å². The van der Waals surface area contributed by atoms with Crippen molar-refractivity contribution in [3.63, 3.8) is 0 Å². The second-order valence-corrected chi connectivity index (χ2v) is 4.45. The van der Waals surface area contributed by atoms with Gasteiger partial charge < -0.3 is 4.52 Å². The van der Waals surface area contributed by atoms with E-state index >= 15 is 0 Å². The van der Waals surface area contributed by atoms with Crippen LogP contribution >= 0.6 is 15.9 Å². The molecule has 0 saturated carbocycles. The highest BCUT2D eigenvalue weighted by atomic mass is 79.9. The van der Waals surface area contributed by atoms with Crippen molar-refractivity contribution < 1.29 is 17.7 Å². The fourth-order valence-corrected chi connectivity index (χ4v) is 1.81. The fraction of sp³-hybridized carbons (Fsp3) is 0.182. The molecule has 0 amide bonds. The third-order valence-corrected chi connectivity index (χ3v) is 2.72. The van der Waals surface area contributed by atoms with Crippen molar-refractivity contribution in [3.05, 3.63) is 34.1 Å². The van der Waals surface area contributed by atoms with Crippen LogP contribution in [-0.4, -0.2) is 10.1 Å². The molecule has 0 fully saturated rings. The third kappa shape index (κ3) is 2.93. The Hall–Kier alpha value is -1.88. The molecule has 8 heteroatoms. The van der Waals surface area contributed by atoms with E-state index in [1.165, 1.54) is 12.1 Å². The molecule has 19 heavy (non-hydrogen) atoms. The van der Waals surface area contributed by atoms with Crippen LogP contribution in [0.5, 0.6) is 0 Å². The van der Waals surface area contributed by atoms with Crippen LogP contribution in [0.4, 0.5) is 13.2 Å². The number of hydrogen-bond donors (Lipinski definition) is 0. The summed E-state index contributed by atoms with van der Waals surface area (Å²) in [5, 5.41) is 11.9. The predicted octanol–water partition coefficient (Wildman–Crippen LogP) is 3.58. The van der Waals surface area contributed by atoms with Gasteiger partial charge in [0.1, 0.15) is 6.42 Å². The summed E-state index contributed by atoms with van der Waals surface area (Å²) >= 11 is 2.98. The highest BCUT2D eigenvalue weighted by molar-refractivity contribution is 9.10. The van der Waals surface area contributed by atoms with E-state index in [2.05, 4.69) is 26.1 Å². The Morgan fingerprint density at radius 3 is 2.74 bits per heavy atom. The molecule has 0 unspecified atom stereocenters. The van der Waals surface area contributed by atoms with Gasteiger partial charge in [-0.3, -0.25) is 0 Å². The normalized spacial score (nSPS) is 11.3. The number of nitrogens with zero attached hydrogens (tertiary/aromatic N) is 3. The van der Waals surface area contributed by atoms with Crippen molar-refractivity contribution in [2.24, 2.45) is 0 Å². The summed E-state index contributed by atoms with van der Waals surface area (Å²) in [6.07, 6.45) is -4.68. The molecule has 0 aliphatic heterocycles. The fourth-order valence-electron chi connectivity index (χ4n) is 1.45. The zero-order valence-electron chi connectivity index (χ0n) is 9.20. The van der Waals surface area contributed by atoms with Gasteiger partial charge in [-0.15, -0.1) is 0 Å².